The van der Waals surface area contributed by atoms with Crippen molar-refractivity contribution in [1.82, 2.24) is 0 Å². The Morgan fingerprint density at radius 3 is 2.73 bits per heavy atom. The molecule has 15 heavy (non-hydrogen) atoms. The Labute approximate surface area is 89.3 Å². The maximum atomic E-state index is 11.2. The second kappa shape index (κ2) is 3.97. The second-order valence-corrected chi connectivity index (χ2v) is 4.21. The third-order valence-electron chi connectivity index (χ3n) is 3.12. The zero-order chi connectivity index (χ0) is 10.8. The third-order valence-corrected chi connectivity index (χ3v) is 3.12. The predicted octanol–water partition coefficient (Wildman–Crippen LogP) is 2.64. The highest BCUT2D eigenvalue weighted by Gasteiger charge is 2.24. The number of aldehydes is 1. The molecule has 0 amide bonds. The van der Waals surface area contributed by atoms with Crippen LogP contribution in [0.1, 0.15) is 46.7 Å². The third kappa shape index (κ3) is 1.99. The fourth-order valence-corrected chi connectivity index (χ4v) is 2.31. The monoisotopic (exact) mass is 202 g/mol. The minimum absolute atomic E-state index is 0.360. The summed E-state index contributed by atoms with van der Waals surface area (Å²) in [4.78, 5) is 21.8. The minimum atomic E-state index is 0.360. The molecule has 1 unspecified atom stereocenters. The number of carbonyl (C=O) groups is 2. The Balaban J connectivity index is 2.29. The molecule has 1 aromatic rings. The Kier molecular flexibility index (Phi) is 2.67. The van der Waals surface area contributed by atoms with Crippen LogP contribution >= 0.6 is 0 Å². The van der Waals surface area contributed by atoms with Crippen molar-refractivity contribution in [3.05, 3.63) is 34.9 Å². The molecule has 0 spiro atoms. The van der Waals surface area contributed by atoms with Gasteiger partial charge in [-0.05, 0) is 36.5 Å². The molecular formula is C13H14O2. The van der Waals surface area contributed by atoms with Gasteiger partial charge >= 0.3 is 0 Å². The largest absolute Gasteiger partial charge is 0.300 e. The van der Waals surface area contributed by atoms with Crippen LogP contribution in [0.15, 0.2) is 18.2 Å². The summed E-state index contributed by atoms with van der Waals surface area (Å²) in [5, 5.41) is 0. The summed E-state index contributed by atoms with van der Waals surface area (Å²) in [5.41, 5.74) is 3.06. The first-order chi connectivity index (χ1) is 7.20. The van der Waals surface area contributed by atoms with E-state index in [0.29, 0.717) is 30.1 Å². The van der Waals surface area contributed by atoms with Crippen molar-refractivity contribution in [2.24, 2.45) is 0 Å². The fraction of sp³-hybridized carbons (Fsp3) is 0.385. The lowest BCUT2D eigenvalue weighted by Gasteiger charge is -2.12. The molecule has 0 saturated heterocycles. The van der Waals surface area contributed by atoms with Gasteiger partial charge in [-0.15, -0.1) is 0 Å². The van der Waals surface area contributed by atoms with Crippen LogP contribution in [-0.2, 0) is 4.79 Å². The standard InChI is InChI=1S/C13H14O2/c1-9-6-10(8-14)2-5-13(9)11-3-4-12(15)7-11/h2,5-6,8,11H,3-4,7H2,1H3. The molecule has 0 radical (unpaired) electrons. The van der Waals surface area contributed by atoms with Gasteiger partial charge in [0.05, 0.1) is 0 Å². The lowest BCUT2D eigenvalue weighted by atomic mass is 9.92. The first-order valence-corrected chi connectivity index (χ1v) is 5.28. The number of aryl methyl sites for hydroxylation is 1. The van der Waals surface area contributed by atoms with Gasteiger partial charge in [0.15, 0.2) is 0 Å². The molecule has 1 aromatic carbocycles. The van der Waals surface area contributed by atoms with E-state index >= 15 is 0 Å². The molecule has 1 saturated carbocycles. The molecule has 1 fully saturated rings. The summed E-state index contributed by atoms with van der Waals surface area (Å²) in [6, 6.07) is 5.71. The number of ketones is 1. The number of Topliss-reactive ketones (excluding diaryl/α,β-unsaturated/α-hetero) is 1. The number of benzene rings is 1. The van der Waals surface area contributed by atoms with E-state index < -0.39 is 0 Å². The Morgan fingerprint density at radius 1 is 1.40 bits per heavy atom. The topological polar surface area (TPSA) is 34.1 Å². The van der Waals surface area contributed by atoms with E-state index in [-0.39, 0.29) is 0 Å². The molecule has 0 heterocycles. The van der Waals surface area contributed by atoms with Crippen LogP contribution in [0.25, 0.3) is 0 Å². The van der Waals surface area contributed by atoms with Crippen molar-refractivity contribution in [2.45, 2.75) is 32.1 Å². The zero-order valence-corrected chi connectivity index (χ0v) is 8.82. The summed E-state index contributed by atoms with van der Waals surface area (Å²) in [6.07, 6.45) is 3.19. The fourth-order valence-electron chi connectivity index (χ4n) is 2.31. The Bertz CT molecular complexity index is 407. The molecule has 2 rings (SSSR count). The van der Waals surface area contributed by atoms with Crippen LogP contribution in [0.5, 0.6) is 0 Å². The second-order valence-electron chi connectivity index (χ2n) is 4.21. The zero-order valence-electron chi connectivity index (χ0n) is 8.82. The molecule has 78 valence electrons. The SMILES string of the molecule is Cc1cc(C=O)ccc1C1CCC(=O)C1. The van der Waals surface area contributed by atoms with Crippen molar-refractivity contribution < 1.29 is 9.59 Å². The first-order valence-electron chi connectivity index (χ1n) is 5.28. The highest BCUT2D eigenvalue weighted by molar-refractivity contribution is 5.82. The van der Waals surface area contributed by atoms with E-state index in [1.807, 2.05) is 25.1 Å². The molecule has 0 N–H and O–H groups in total. The van der Waals surface area contributed by atoms with Crippen LogP contribution in [0.3, 0.4) is 0 Å². The lowest BCUT2D eigenvalue weighted by Crippen LogP contribution is -1.98. The van der Waals surface area contributed by atoms with Gasteiger partial charge in [-0.2, -0.15) is 0 Å². The number of rotatable bonds is 2. The van der Waals surface area contributed by atoms with Crippen LogP contribution in [0.2, 0.25) is 0 Å². The van der Waals surface area contributed by atoms with Crippen LogP contribution < -0.4 is 0 Å². The van der Waals surface area contributed by atoms with Crippen molar-refractivity contribution in [3.63, 3.8) is 0 Å². The van der Waals surface area contributed by atoms with E-state index in [0.717, 1.165) is 18.3 Å². The van der Waals surface area contributed by atoms with Gasteiger partial charge in [-0.1, -0.05) is 12.1 Å². The minimum Gasteiger partial charge on any atom is -0.300 e. The number of hydrogen-bond acceptors (Lipinski definition) is 2. The molecule has 1 aliphatic carbocycles. The van der Waals surface area contributed by atoms with Crippen molar-refractivity contribution in [3.8, 4) is 0 Å². The van der Waals surface area contributed by atoms with Gasteiger partial charge in [-0.3, -0.25) is 9.59 Å². The smallest absolute Gasteiger partial charge is 0.150 e. The van der Waals surface area contributed by atoms with Gasteiger partial charge in [-0.25, -0.2) is 0 Å². The number of hydrogen-bond donors (Lipinski definition) is 0. The van der Waals surface area contributed by atoms with Gasteiger partial charge in [0.25, 0.3) is 0 Å². The molecule has 0 aromatic heterocycles. The Hall–Kier alpha value is -1.44. The van der Waals surface area contributed by atoms with Gasteiger partial charge in [0, 0.05) is 18.4 Å². The van der Waals surface area contributed by atoms with Crippen molar-refractivity contribution in [1.29, 1.82) is 0 Å². The van der Waals surface area contributed by atoms with E-state index in [9.17, 15) is 9.59 Å². The highest BCUT2D eigenvalue weighted by atomic mass is 16.1. The van der Waals surface area contributed by atoms with Gasteiger partial charge < -0.3 is 0 Å². The average Bonchev–Trinajstić information content (AvgIpc) is 2.64. The van der Waals surface area contributed by atoms with Crippen LogP contribution in [0.4, 0.5) is 0 Å². The van der Waals surface area contributed by atoms with Crippen LogP contribution in [0, 0.1) is 6.92 Å². The molecule has 0 aliphatic heterocycles. The van der Waals surface area contributed by atoms with Crippen LogP contribution in [-0.4, -0.2) is 12.1 Å². The van der Waals surface area contributed by atoms with Gasteiger partial charge in [0.2, 0.25) is 0 Å². The molecule has 0 bridgehead atoms. The first kappa shape index (κ1) is 10.1. The van der Waals surface area contributed by atoms with E-state index in [1.54, 1.807) is 0 Å². The molecule has 1 aliphatic rings. The molecular weight excluding hydrogens is 188 g/mol. The Morgan fingerprint density at radius 2 is 2.20 bits per heavy atom. The molecule has 2 nitrogen and oxygen atoms in total. The van der Waals surface area contributed by atoms with Crippen molar-refractivity contribution in [2.75, 3.05) is 0 Å². The molecule has 1 atom stereocenters. The summed E-state index contributed by atoms with van der Waals surface area (Å²) in [7, 11) is 0. The summed E-state index contributed by atoms with van der Waals surface area (Å²) < 4.78 is 0. The maximum absolute atomic E-state index is 11.2. The maximum Gasteiger partial charge on any atom is 0.150 e. The highest BCUT2D eigenvalue weighted by Crippen LogP contribution is 2.33. The summed E-state index contributed by atoms with van der Waals surface area (Å²) >= 11 is 0. The van der Waals surface area contributed by atoms with E-state index in [2.05, 4.69) is 0 Å². The normalized spacial score (nSPS) is 20.6. The lowest BCUT2D eigenvalue weighted by molar-refractivity contribution is -0.117. The molecule has 2 heteroatoms. The number of carbonyl (C=O) groups excluding carboxylic acids is 2. The summed E-state index contributed by atoms with van der Waals surface area (Å²) in [6.45, 7) is 2.01. The van der Waals surface area contributed by atoms with Gasteiger partial charge in [0.1, 0.15) is 12.1 Å². The summed E-state index contributed by atoms with van der Waals surface area (Å²) in [5.74, 6) is 0.733. The van der Waals surface area contributed by atoms with E-state index in [4.69, 9.17) is 0 Å². The quantitative estimate of drug-likeness (QED) is 0.691. The van der Waals surface area contributed by atoms with Crippen molar-refractivity contribution >= 4 is 12.1 Å². The van der Waals surface area contributed by atoms with E-state index in [1.165, 1.54) is 5.56 Å². The average molecular weight is 202 g/mol. The predicted molar refractivity (Wildman–Crippen MR) is 58.2 cm³/mol.